The van der Waals surface area contributed by atoms with Crippen molar-refractivity contribution in [2.45, 2.75) is 12.2 Å². The van der Waals surface area contributed by atoms with Gasteiger partial charge in [-0.2, -0.15) is 13.2 Å². The zero-order valence-electron chi connectivity index (χ0n) is 8.64. The molecular formula is C9H11ClF3N3O. The van der Waals surface area contributed by atoms with Crippen molar-refractivity contribution in [3.63, 3.8) is 0 Å². The summed E-state index contributed by atoms with van der Waals surface area (Å²) in [4.78, 5) is 13.6. The standard InChI is InChI=1S/C9H11ClF3N3O/c10-3-5-15-8(17)16-7(9(11,12)13)6-2-1-4-14-6/h1-2,4,7,14H,3,5H2,(H2,15,16,17). The second-order valence-corrected chi connectivity index (χ2v) is 3.57. The fourth-order valence-electron chi connectivity index (χ4n) is 1.20. The van der Waals surface area contributed by atoms with Gasteiger partial charge < -0.3 is 15.6 Å². The highest BCUT2D eigenvalue weighted by atomic mass is 35.5. The number of hydrogen-bond acceptors (Lipinski definition) is 1. The molecule has 0 aliphatic heterocycles. The van der Waals surface area contributed by atoms with Crippen molar-refractivity contribution >= 4 is 17.6 Å². The fourth-order valence-corrected chi connectivity index (χ4v) is 1.30. The monoisotopic (exact) mass is 269 g/mol. The number of rotatable bonds is 4. The second-order valence-electron chi connectivity index (χ2n) is 3.19. The number of aromatic nitrogens is 1. The fraction of sp³-hybridized carbons (Fsp3) is 0.444. The number of urea groups is 1. The Kier molecular flexibility index (Phi) is 4.68. The van der Waals surface area contributed by atoms with Crippen LogP contribution in [0.15, 0.2) is 18.3 Å². The molecule has 0 spiro atoms. The number of carbonyl (C=O) groups excluding carboxylic acids is 1. The van der Waals surface area contributed by atoms with Gasteiger partial charge in [-0.15, -0.1) is 11.6 Å². The van der Waals surface area contributed by atoms with Crippen LogP contribution in [0.5, 0.6) is 0 Å². The van der Waals surface area contributed by atoms with Crippen LogP contribution in [0.4, 0.5) is 18.0 Å². The first kappa shape index (κ1) is 13.7. The average molecular weight is 270 g/mol. The molecule has 1 atom stereocenters. The third-order valence-electron chi connectivity index (χ3n) is 1.92. The minimum Gasteiger partial charge on any atom is -0.363 e. The minimum absolute atomic E-state index is 0.0999. The van der Waals surface area contributed by atoms with Crippen molar-refractivity contribution < 1.29 is 18.0 Å². The predicted octanol–water partition coefficient (Wildman–Crippen LogP) is 2.16. The zero-order chi connectivity index (χ0) is 12.9. The maximum Gasteiger partial charge on any atom is 0.414 e. The third-order valence-corrected chi connectivity index (χ3v) is 2.10. The van der Waals surface area contributed by atoms with Crippen molar-refractivity contribution in [3.05, 3.63) is 24.0 Å². The molecule has 0 saturated carbocycles. The average Bonchev–Trinajstić information content (AvgIpc) is 2.74. The highest BCUT2D eigenvalue weighted by Crippen LogP contribution is 2.31. The molecule has 0 aliphatic carbocycles. The Balaban J connectivity index is 2.69. The van der Waals surface area contributed by atoms with Gasteiger partial charge in [0.05, 0.1) is 0 Å². The maximum absolute atomic E-state index is 12.7. The van der Waals surface area contributed by atoms with Crippen molar-refractivity contribution in [2.24, 2.45) is 0 Å². The number of carbonyl (C=O) groups is 1. The molecule has 0 radical (unpaired) electrons. The van der Waals surface area contributed by atoms with Gasteiger partial charge in [0, 0.05) is 24.3 Å². The molecule has 1 aromatic heterocycles. The lowest BCUT2D eigenvalue weighted by Crippen LogP contribution is -2.44. The van der Waals surface area contributed by atoms with Crippen LogP contribution < -0.4 is 10.6 Å². The van der Waals surface area contributed by atoms with Crippen LogP contribution in [0.2, 0.25) is 0 Å². The summed E-state index contributed by atoms with van der Waals surface area (Å²) in [5, 5.41) is 4.03. The molecule has 0 saturated heterocycles. The molecule has 96 valence electrons. The number of alkyl halides is 4. The molecular weight excluding hydrogens is 259 g/mol. The molecule has 0 aromatic carbocycles. The largest absolute Gasteiger partial charge is 0.414 e. The van der Waals surface area contributed by atoms with E-state index in [0.717, 1.165) is 0 Å². The highest BCUT2D eigenvalue weighted by Gasteiger charge is 2.42. The lowest BCUT2D eigenvalue weighted by atomic mass is 10.2. The first-order chi connectivity index (χ1) is 7.95. The summed E-state index contributed by atoms with van der Waals surface area (Å²) in [5.74, 6) is 0.132. The van der Waals surface area contributed by atoms with E-state index in [1.54, 1.807) is 0 Å². The minimum atomic E-state index is -4.57. The van der Waals surface area contributed by atoms with Crippen molar-refractivity contribution in [3.8, 4) is 0 Å². The van der Waals surface area contributed by atoms with Crippen molar-refractivity contribution in [2.75, 3.05) is 12.4 Å². The Morgan fingerprint density at radius 1 is 1.53 bits per heavy atom. The first-order valence-electron chi connectivity index (χ1n) is 4.75. The lowest BCUT2D eigenvalue weighted by molar-refractivity contribution is -0.155. The van der Waals surface area contributed by atoms with E-state index in [4.69, 9.17) is 11.6 Å². The summed E-state index contributed by atoms with van der Waals surface area (Å²) < 4.78 is 38.0. The summed E-state index contributed by atoms with van der Waals surface area (Å²) >= 11 is 5.30. The molecule has 1 unspecified atom stereocenters. The molecule has 2 amide bonds. The molecule has 4 nitrogen and oxygen atoms in total. The number of aromatic amines is 1. The van der Waals surface area contributed by atoms with Crippen LogP contribution in [-0.4, -0.2) is 29.6 Å². The van der Waals surface area contributed by atoms with Crippen LogP contribution in [-0.2, 0) is 0 Å². The summed E-state index contributed by atoms with van der Waals surface area (Å²) in [7, 11) is 0. The van der Waals surface area contributed by atoms with Gasteiger partial charge in [0.25, 0.3) is 0 Å². The zero-order valence-corrected chi connectivity index (χ0v) is 9.40. The van der Waals surface area contributed by atoms with E-state index in [1.165, 1.54) is 18.3 Å². The third kappa shape index (κ3) is 4.18. The quantitative estimate of drug-likeness (QED) is 0.721. The van der Waals surface area contributed by atoms with E-state index in [9.17, 15) is 18.0 Å². The van der Waals surface area contributed by atoms with Gasteiger partial charge >= 0.3 is 12.2 Å². The molecule has 17 heavy (non-hydrogen) atoms. The van der Waals surface area contributed by atoms with E-state index in [-0.39, 0.29) is 18.1 Å². The molecule has 1 aromatic rings. The van der Waals surface area contributed by atoms with Crippen LogP contribution in [0.3, 0.4) is 0 Å². The number of hydrogen-bond donors (Lipinski definition) is 3. The molecule has 1 heterocycles. The number of halogens is 4. The molecule has 0 bridgehead atoms. The Morgan fingerprint density at radius 3 is 2.71 bits per heavy atom. The summed E-state index contributed by atoms with van der Waals surface area (Å²) in [5.41, 5.74) is -0.126. The maximum atomic E-state index is 12.7. The van der Waals surface area contributed by atoms with E-state index >= 15 is 0 Å². The van der Waals surface area contributed by atoms with Crippen molar-refractivity contribution in [1.82, 2.24) is 15.6 Å². The van der Waals surface area contributed by atoms with E-state index in [0.29, 0.717) is 0 Å². The Bertz CT molecular complexity index is 353. The summed E-state index contributed by atoms with van der Waals surface area (Å²) in [6.45, 7) is 0.0999. The lowest BCUT2D eigenvalue weighted by Gasteiger charge is -2.20. The first-order valence-corrected chi connectivity index (χ1v) is 5.29. The van der Waals surface area contributed by atoms with Crippen LogP contribution in [0, 0.1) is 0 Å². The van der Waals surface area contributed by atoms with Gasteiger partial charge in [0.1, 0.15) is 0 Å². The molecule has 3 N–H and O–H groups in total. The normalized spacial score (nSPS) is 13.2. The van der Waals surface area contributed by atoms with E-state index in [2.05, 4.69) is 10.3 Å². The molecule has 8 heteroatoms. The van der Waals surface area contributed by atoms with Crippen molar-refractivity contribution in [1.29, 1.82) is 0 Å². The van der Waals surface area contributed by atoms with Gasteiger partial charge in [-0.3, -0.25) is 0 Å². The number of H-pyrrole nitrogens is 1. The van der Waals surface area contributed by atoms with Gasteiger partial charge in [-0.05, 0) is 12.1 Å². The topological polar surface area (TPSA) is 56.9 Å². The molecule has 0 fully saturated rings. The highest BCUT2D eigenvalue weighted by molar-refractivity contribution is 6.18. The molecule has 0 aliphatic rings. The summed E-state index contributed by atoms with van der Waals surface area (Å²) in [6.07, 6.45) is -3.21. The van der Waals surface area contributed by atoms with Crippen LogP contribution >= 0.6 is 11.6 Å². The van der Waals surface area contributed by atoms with Gasteiger partial charge in [0.15, 0.2) is 6.04 Å². The second kappa shape index (κ2) is 5.81. The Hall–Kier alpha value is -1.37. The smallest absolute Gasteiger partial charge is 0.363 e. The number of amides is 2. The number of nitrogens with one attached hydrogen (secondary N) is 3. The van der Waals surface area contributed by atoms with Crippen LogP contribution in [0.25, 0.3) is 0 Å². The van der Waals surface area contributed by atoms with E-state index < -0.39 is 18.2 Å². The van der Waals surface area contributed by atoms with Gasteiger partial charge in [0.2, 0.25) is 0 Å². The van der Waals surface area contributed by atoms with Gasteiger partial charge in [-0.25, -0.2) is 4.79 Å². The predicted molar refractivity (Wildman–Crippen MR) is 56.8 cm³/mol. The summed E-state index contributed by atoms with van der Waals surface area (Å²) in [6, 6.07) is -0.303. The Morgan fingerprint density at radius 2 is 2.24 bits per heavy atom. The van der Waals surface area contributed by atoms with E-state index in [1.807, 2.05) is 5.32 Å². The van der Waals surface area contributed by atoms with Gasteiger partial charge in [-0.1, -0.05) is 0 Å². The molecule has 1 rings (SSSR count). The van der Waals surface area contributed by atoms with Crippen LogP contribution in [0.1, 0.15) is 11.7 Å². The Labute approximate surface area is 101 Å². The SMILES string of the molecule is O=C(NCCCl)NC(c1ccc[nH]1)C(F)(F)F.